The highest BCUT2D eigenvalue weighted by Gasteiger charge is 2.19. The van der Waals surface area contributed by atoms with Crippen molar-refractivity contribution in [3.63, 3.8) is 0 Å². The van der Waals surface area contributed by atoms with Crippen LogP contribution >= 0.6 is 0 Å². The molecule has 0 rings (SSSR count). The van der Waals surface area contributed by atoms with E-state index in [0.717, 1.165) is 13.0 Å². The number of likely N-dealkylation sites (N-methyl/N-ethyl adjacent to an activating group) is 1. The van der Waals surface area contributed by atoms with Crippen LogP contribution in [0, 0.1) is 0 Å². The summed E-state index contributed by atoms with van der Waals surface area (Å²) in [6.45, 7) is 13.0. The maximum atomic E-state index is 11.8. The lowest BCUT2D eigenvalue weighted by atomic mass is 10.0. The summed E-state index contributed by atoms with van der Waals surface area (Å²) in [4.78, 5) is 13.4. The van der Waals surface area contributed by atoms with Crippen LogP contribution < -0.4 is 0 Å². The van der Waals surface area contributed by atoms with Gasteiger partial charge in [-0.3, -0.25) is 0 Å². The molecule has 0 atom stereocenters. The minimum atomic E-state index is -0.487. The van der Waals surface area contributed by atoms with Crippen LogP contribution in [0.4, 0.5) is 4.79 Å². The molecule has 0 N–H and O–H groups in total. The molecular weight excluding hydrogens is 494 g/mol. The Labute approximate surface area is 242 Å². The maximum absolute atomic E-state index is 11.8. The summed E-state index contributed by atoms with van der Waals surface area (Å²) in [7, 11) is 1.70. The summed E-state index contributed by atoms with van der Waals surface area (Å²) in [6.07, 6.45) is 21.9. The minimum absolute atomic E-state index is 0.339. The Kier molecular flexibility index (Phi) is 28.0. The Morgan fingerprint density at radius 3 is 1.23 bits per heavy atom. The topological polar surface area (TPSA) is 66.5 Å². The molecule has 1 amide bonds. The van der Waals surface area contributed by atoms with E-state index in [-0.39, 0.29) is 6.09 Å². The standard InChI is InChI=1S/C32H65NO6/c1-6-7-8-9-10-11-12-13-14-15-16-17-18-19-20-21-23-35-25-27-37-29-30-38-28-26-36-24-22-33(5)31(34)39-32(2,3)4/h6-30H2,1-5H3. The zero-order valence-corrected chi connectivity index (χ0v) is 26.6. The number of carbonyl (C=O) groups excluding carboxylic acids is 1. The van der Waals surface area contributed by atoms with Gasteiger partial charge in [-0.25, -0.2) is 4.79 Å². The first-order chi connectivity index (χ1) is 18.9. The lowest BCUT2D eigenvalue weighted by molar-refractivity contribution is -0.00593. The average Bonchev–Trinajstić information content (AvgIpc) is 2.89. The number of rotatable bonds is 29. The Bertz CT molecular complexity index is 511. The number of nitrogens with zero attached hydrogens (tertiary/aromatic N) is 1. The number of hydrogen-bond acceptors (Lipinski definition) is 6. The van der Waals surface area contributed by atoms with Gasteiger partial charge in [0.1, 0.15) is 5.60 Å². The molecule has 0 aliphatic carbocycles. The van der Waals surface area contributed by atoms with Crippen LogP contribution in [0.1, 0.15) is 130 Å². The predicted molar refractivity (Wildman–Crippen MR) is 162 cm³/mol. The van der Waals surface area contributed by atoms with Crippen LogP contribution in [0.15, 0.2) is 0 Å². The van der Waals surface area contributed by atoms with Gasteiger partial charge in [-0.05, 0) is 27.2 Å². The summed E-state index contributed by atoms with van der Waals surface area (Å²) in [5.41, 5.74) is -0.487. The third kappa shape index (κ3) is 31.5. The second-order valence-corrected chi connectivity index (χ2v) is 11.7. The van der Waals surface area contributed by atoms with E-state index in [1.165, 1.54) is 101 Å². The van der Waals surface area contributed by atoms with Gasteiger partial charge in [0.05, 0.1) is 46.2 Å². The maximum Gasteiger partial charge on any atom is 0.410 e. The van der Waals surface area contributed by atoms with Crippen LogP contribution in [0.3, 0.4) is 0 Å². The van der Waals surface area contributed by atoms with Gasteiger partial charge >= 0.3 is 6.09 Å². The molecular formula is C32H65NO6. The van der Waals surface area contributed by atoms with Crippen molar-refractivity contribution in [3.05, 3.63) is 0 Å². The molecule has 0 fully saturated rings. The molecule has 0 saturated heterocycles. The highest BCUT2D eigenvalue weighted by Crippen LogP contribution is 2.14. The van der Waals surface area contributed by atoms with Crippen LogP contribution in [-0.2, 0) is 23.7 Å². The van der Waals surface area contributed by atoms with E-state index >= 15 is 0 Å². The molecule has 0 aromatic carbocycles. The van der Waals surface area contributed by atoms with Gasteiger partial charge in [0.2, 0.25) is 0 Å². The summed E-state index contributed by atoms with van der Waals surface area (Å²) < 4.78 is 27.5. The predicted octanol–water partition coefficient (Wildman–Crippen LogP) is 8.18. The number of ether oxygens (including phenoxy) is 5. The first kappa shape index (κ1) is 38.1. The quantitative estimate of drug-likeness (QED) is 0.0861. The molecule has 7 nitrogen and oxygen atoms in total. The van der Waals surface area contributed by atoms with Crippen molar-refractivity contribution >= 4 is 6.09 Å². The van der Waals surface area contributed by atoms with Gasteiger partial charge in [0, 0.05) is 20.2 Å². The molecule has 234 valence electrons. The van der Waals surface area contributed by atoms with Crippen LogP contribution in [0.2, 0.25) is 0 Å². The molecule has 0 heterocycles. The van der Waals surface area contributed by atoms with Gasteiger partial charge < -0.3 is 28.6 Å². The van der Waals surface area contributed by atoms with Gasteiger partial charge in [-0.2, -0.15) is 0 Å². The second kappa shape index (κ2) is 28.6. The highest BCUT2D eigenvalue weighted by molar-refractivity contribution is 5.67. The van der Waals surface area contributed by atoms with E-state index in [1.54, 1.807) is 7.05 Å². The molecule has 0 bridgehead atoms. The van der Waals surface area contributed by atoms with E-state index in [0.29, 0.717) is 52.8 Å². The Morgan fingerprint density at radius 1 is 0.513 bits per heavy atom. The first-order valence-corrected chi connectivity index (χ1v) is 16.1. The molecule has 0 aromatic heterocycles. The van der Waals surface area contributed by atoms with E-state index < -0.39 is 5.60 Å². The smallest absolute Gasteiger partial charge is 0.410 e. The molecule has 39 heavy (non-hydrogen) atoms. The Hall–Kier alpha value is -0.890. The second-order valence-electron chi connectivity index (χ2n) is 11.7. The minimum Gasteiger partial charge on any atom is -0.444 e. The van der Waals surface area contributed by atoms with E-state index in [1.807, 2.05) is 20.8 Å². The molecule has 0 spiro atoms. The van der Waals surface area contributed by atoms with Gasteiger partial charge in [0.25, 0.3) is 0 Å². The summed E-state index contributed by atoms with van der Waals surface area (Å²) in [5, 5.41) is 0. The van der Waals surface area contributed by atoms with E-state index in [4.69, 9.17) is 23.7 Å². The zero-order chi connectivity index (χ0) is 28.9. The molecule has 0 saturated carbocycles. The van der Waals surface area contributed by atoms with Crippen LogP contribution in [-0.4, -0.2) is 83.0 Å². The summed E-state index contributed by atoms with van der Waals surface area (Å²) >= 11 is 0. The Morgan fingerprint density at radius 2 is 0.846 bits per heavy atom. The van der Waals surface area contributed by atoms with Crippen molar-refractivity contribution in [2.75, 3.05) is 66.4 Å². The molecule has 7 heteroatoms. The molecule has 0 aromatic rings. The molecule has 0 radical (unpaired) electrons. The van der Waals surface area contributed by atoms with Crippen LogP contribution in [0.25, 0.3) is 0 Å². The zero-order valence-electron chi connectivity index (χ0n) is 26.6. The van der Waals surface area contributed by atoms with Crippen LogP contribution in [0.5, 0.6) is 0 Å². The van der Waals surface area contributed by atoms with E-state index in [2.05, 4.69) is 6.92 Å². The molecule has 0 aliphatic rings. The number of carbonyl (C=O) groups is 1. The van der Waals surface area contributed by atoms with Crippen molar-refractivity contribution in [1.82, 2.24) is 4.90 Å². The fourth-order valence-electron chi connectivity index (χ4n) is 4.15. The molecule has 0 aliphatic heterocycles. The fraction of sp³-hybridized carbons (Fsp3) is 0.969. The van der Waals surface area contributed by atoms with Crippen molar-refractivity contribution < 1.29 is 28.5 Å². The van der Waals surface area contributed by atoms with Gasteiger partial charge in [-0.15, -0.1) is 0 Å². The summed E-state index contributed by atoms with van der Waals surface area (Å²) in [5.74, 6) is 0. The fourth-order valence-corrected chi connectivity index (χ4v) is 4.15. The monoisotopic (exact) mass is 559 g/mol. The lowest BCUT2D eigenvalue weighted by Gasteiger charge is -2.24. The van der Waals surface area contributed by atoms with Gasteiger partial charge in [0.15, 0.2) is 0 Å². The molecule has 0 unspecified atom stereocenters. The highest BCUT2D eigenvalue weighted by atomic mass is 16.6. The van der Waals surface area contributed by atoms with Crippen molar-refractivity contribution in [3.8, 4) is 0 Å². The number of amides is 1. The average molecular weight is 560 g/mol. The number of unbranched alkanes of at least 4 members (excludes halogenated alkanes) is 15. The van der Waals surface area contributed by atoms with E-state index in [9.17, 15) is 4.79 Å². The van der Waals surface area contributed by atoms with Crippen molar-refractivity contribution in [1.29, 1.82) is 0 Å². The summed E-state index contributed by atoms with van der Waals surface area (Å²) in [6, 6.07) is 0. The normalized spacial score (nSPS) is 11.7. The van der Waals surface area contributed by atoms with Crippen molar-refractivity contribution in [2.45, 2.75) is 136 Å². The lowest BCUT2D eigenvalue weighted by Crippen LogP contribution is -2.36. The van der Waals surface area contributed by atoms with Crippen molar-refractivity contribution in [2.24, 2.45) is 0 Å². The largest absolute Gasteiger partial charge is 0.444 e. The van der Waals surface area contributed by atoms with Gasteiger partial charge in [-0.1, -0.05) is 103 Å². The third-order valence-electron chi connectivity index (χ3n) is 6.53. The SMILES string of the molecule is CCCCCCCCCCCCCCCCCCOCCOCCOCCOCCN(C)C(=O)OC(C)(C)C. The Balaban J connectivity index is 3.16. The third-order valence-corrected chi connectivity index (χ3v) is 6.53. The number of hydrogen-bond donors (Lipinski definition) is 0. The first-order valence-electron chi connectivity index (χ1n) is 16.1.